The van der Waals surface area contributed by atoms with Crippen LogP contribution in [-0.4, -0.2) is 42.5 Å². The second-order valence-electron chi connectivity index (χ2n) is 5.35. The lowest BCUT2D eigenvalue weighted by molar-refractivity contribution is -0.122. The molecule has 8 heteroatoms. The van der Waals surface area contributed by atoms with Crippen LogP contribution in [0, 0.1) is 0 Å². The SMILES string of the molecule is CC(Nc1cncc2nnnn12)C(=O)NC(C)(C)C. The van der Waals surface area contributed by atoms with Crippen molar-refractivity contribution in [2.45, 2.75) is 39.3 Å². The van der Waals surface area contributed by atoms with E-state index < -0.39 is 6.04 Å². The van der Waals surface area contributed by atoms with Crippen molar-refractivity contribution in [1.82, 2.24) is 30.3 Å². The quantitative estimate of drug-likeness (QED) is 0.823. The highest BCUT2D eigenvalue weighted by Crippen LogP contribution is 2.08. The lowest BCUT2D eigenvalue weighted by Gasteiger charge is -2.24. The first-order valence-corrected chi connectivity index (χ1v) is 5.97. The maximum absolute atomic E-state index is 12.0. The average Bonchev–Trinajstić information content (AvgIpc) is 2.75. The second kappa shape index (κ2) is 4.79. The number of hydrogen-bond donors (Lipinski definition) is 2. The zero-order valence-electron chi connectivity index (χ0n) is 11.4. The van der Waals surface area contributed by atoms with Crippen molar-refractivity contribution in [3.63, 3.8) is 0 Å². The van der Waals surface area contributed by atoms with E-state index in [2.05, 4.69) is 31.1 Å². The van der Waals surface area contributed by atoms with Crippen molar-refractivity contribution >= 4 is 17.4 Å². The highest BCUT2D eigenvalue weighted by molar-refractivity contribution is 5.84. The van der Waals surface area contributed by atoms with Gasteiger partial charge in [-0.2, -0.15) is 4.52 Å². The van der Waals surface area contributed by atoms with E-state index in [4.69, 9.17) is 0 Å². The molecule has 0 saturated heterocycles. The average molecular weight is 263 g/mol. The third kappa shape index (κ3) is 3.15. The van der Waals surface area contributed by atoms with Crippen LogP contribution in [0.4, 0.5) is 5.82 Å². The van der Waals surface area contributed by atoms with Gasteiger partial charge in [0.2, 0.25) is 5.91 Å². The summed E-state index contributed by atoms with van der Waals surface area (Å²) in [6.07, 6.45) is 3.12. The van der Waals surface area contributed by atoms with E-state index in [1.54, 1.807) is 19.3 Å². The Labute approximate surface area is 110 Å². The summed E-state index contributed by atoms with van der Waals surface area (Å²) in [6.45, 7) is 7.56. The number of rotatable bonds is 3. The number of hydrogen-bond acceptors (Lipinski definition) is 6. The molecule has 0 fully saturated rings. The van der Waals surface area contributed by atoms with E-state index in [1.807, 2.05) is 20.8 Å². The van der Waals surface area contributed by atoms with Crippen molar-refractivity contribution in [2.75, 3.05) is 5.32 Å². The zero-order valence-corrected chi connectivity index (χ0v) is 11.4. The van der Waals surface area contributed by atoms with E-state index in [1.165, 1.54) is 4.52 Å². The Hall–Kier alpha value is -2.25. The fourth-order valence-corrected chi connectivity index (χ4v) is 1.54. The van der Waals surface area contributed by atoms with Crippen LogP contribution in [0.25, 0.3) is 5.65 Å². The first kappa shape index (κ1) is 13.2. The van der Waals surface area contributed by atoms with Crippen molar-refractivity contribution in [1.29, 1.82) is 0 Å². The van der Waals surface area contributed by atoms with Crippen molar-refractivity contribution in [2.24, 2.45) is 0 Å². The van der Waals surface area contributed by atoms with Gasteiger partial charge in [0.1, 0.15) is 6.04 Å². The van der Waals surface area contributed by atoms with Crippen LogP contribution in [-0.2, 0) is 4.79 Å². The van der Waals surface area contributed by atoms with Gasteiger partial charge in [-0.15, -0.1) is 5.10 Å². The number of aromatic nitrogens is 5. The van der Waals surface area contributed by atoms with Crippen molar-refractivity contribution in [3.8, 4) is 0 Å². The van der Waals surface area contributed by atoms with Gasteiger partial charge in [-0.05, 0) is 38.1 Å². The van der Waals surface area contributed by atoms with Crippen LogP contribution in [0.2, 0.25) is 0 Å². The minimum atomic E-state index is -0.421. The summed E-state index contributed by atoms with van der Waals surface area (Å²) in [6, 6.07) is -0.421. The van der Waals surface area contributed by atoms with Crippen LogP contribution < -0.4 is 10.6 Å². The smallest absolute Gasteiger partial charge is 0.242 e. The first-order chi connectivity index (χ1) is 8.87. The Morgan fingerprint density at radius 1 is 1.37 bits per heavy atom. The maximum atomic E-state index is 12.0. The number of nitrogens with zero attached hydrogens (tertiary/aromatic N) is 5. The molecular formula is C11H17N7O. The highest BCUT2D eigenvalue weighted by atomic mass is 16.2. The number of amides is 1. The van der Waals surface area contributed by atoms with Gasteiger partial charge in [0.25, 0.3) is 0 Å². The summed E-state index contributed by atoms with van der Waals surface area (Å²) < 4.78 is 1.49. The fraction of sp³-hybridized carbons (Fsp3) is 0.545. The van der Waals surface area contributed by atoms with E-state index in [0.717, 1.165) is 0 Å². The van der Waals surface area contributed by atoms with Gasteiger partial charge in [0.15, 0.2) is 11.5 Å². The van der Waals surface area contributed by atoms with E-state index in [9.17, 15) is 4.79 Å². The van der Waals surface area contributed by atoms with Gasteiger partial charge in [-0.3, -0.25) is 9.78 Å². The number of anilines is 1. The zero-order chi connectivity index (χ0) is 14.0. The van der Waals surface area contributed by atoms with Crippen LogP contribution in [0.15, 0.2) is 12.4 Å². The molecule has 2 aromatic rings. The molecular weight excluding hydrogens is 246 g/mol. The lowest BCUT2D eigenvalue weighted by atomic mass is 10.1. The summed E-state index contributed by atoms with van der Waals surface area (Å²) in [5.41, 5.74) is 0.250. The standard InChI is InChI=1S/C11H17N7O/c1-7(10(19)14-11(2,3)4)13-8-5-12-6-9-15-16-17-18(8)9/h5-7,13H,1-4H3,(H,14,19). The van der Waals surface area contributed by atoms with E-state index >= 15 is 0 Å². The molecule has 0 radical (unpaired) electrons. The third-order valence-corrected chi connectivity index (χ3v) is 2.36. The molecule has 1 unspecified atom stereocenters. The molecule has 1 amide bonds. The van der Waals surface area contributed by atoms with Gasteiger partial charge in [-0.25, -0.2) is 0 Å². The van der Waals surface area contributed by atoms with Crippen LogP contribution in [0.5, 0.6) is 0 Å². The van der Waals surface area contributed by atoms with Crippen molar-refractivity contribution in [3.05, 3.63) is 12.4 Å². The van der Waals surface area contributed by atoms with Crippen LogP contribution in [0.3, 0.4) is 0 Å². The Kier molecular flexibility index (Phi) is 3.32. The molecule has 2 aromatic heterocycles. The molecule has 8 nitrogen and oxygen atoms in total. The monoisotopic (exact) mass is 263 g/mol. The molecule has 0 aromatic carbocycles. The minimum absolute atomic E-state index is 0.0995. The molecule has 2 N–H and O–H groups in total. The Morgan fingerprint density at radius 2 is 2.11 bits per heavy atom. The number of fused-ring (bicyclic) bond motifs is 1. The molecule has 0 aliphatic rings. The van der Waals surface area contributed by atoms with Gasteiger partial charge >= 0.3 is 0 Å². The normalized spacial score (nSPS) is 13.3. The predicted octanol–water partition coefficient (Wildman–Crippen LogP) is 0.234. The summed E-state index contributed by atoms with van der Waals surface area (Å²) in [4.78, 5) is 16.0. The number of carbonyl (C=O) groups excluding carboxylic acids is 1. The van der Waals surface area contributed by atoms with E-state index in [-0.39, 0.29) is 11.4 Å². The Bertz CT molecular complexity index is 586. The largest absolute Gasteiger partial charge is 0.357 e. The predicted molar refractivity (Wildman–Crippen MR) is 69.6 cm³/mol. The maximum Gasteiger partial charge on any atom is 0.242 e. The Balaban J connectivity index is 2.12. The molecule has 1 atom stereocenters. The molecule has 0 aliphatic carbocycles. The summed E-state index contributed by atoms with van der Waals surface area (Å²) in [7, 11) is 0. The Morgan fingerprint density at radius 3 is 2.79 bits per heavy atom. The van der Waals surface area contributed by atoms with Gasteiger partial charge in [-0.1, -0.05) is 0 Å². The molecule has 102 valence electrons. The molecule has 2 heterocycles. The lowest BCUT2D eigenvalue weighted by Crippen LogP contribution is -2.47. The van der Waals surface area contributed by atoms with Gasteiger partial charge in [0.05, 0.1) is 12.4 Å². The van der Waals surface area contributed by atoms with E-state index in [0.29, 0.717) is 11.5 Å². The molecule has 0 aliphatic heterocycles. The first-order valence-electron chi connectivity index (χ1n) is 5.97. The summed E-state index contributed by atoms with van der Waals surface area (Å²) >= 11 is 0. The molecule has 0 saturated carbocycles. The number of nitrogens with one attached hydrogen (secondary N) is 2. The molecule has 19 heavy (non-hydrogen) atoms. The van der Waals surface area contributed by atoms with Gasteiger partial charge < -0.3 is 10.6 Å². The molecule has 0 bridgehead atoms. The summed E-state index contributed by atoms with van der Waals surface area (Å²) in [5, 5.41) is 17.1. The molecule has 2 rings (SSSR count). The van der Waals surface area contributed by atoms with Crippen molar-refractivity contribution < 1.29 is 4.79 Å². The van der Waals surface area contributed by atoms with Crippen LogP contribution in [0.1, 0.15) is 27.7 Å². The summed E-state index contributed by atoms with van der Waals surface area (Å²) in [5.74, 6) is 0.469. The minimum Gasteiger partial charge on any atom is -0.357 e. The van der Waals surface area contributed by atoms with Crippen LogP contribution >= 0.6 is 0 Å². The molecule has 0 spiro atoms. The second-order valence-corrected chi connectivity index (χ2v) is 5.35. The number of tetrazole rings is 1. The number of carbonyl (C=O) groups is 1. The highest BCUT2D eigenvalue weighted by Gasteiger charge is 2.20. The van der Waals surface area contributed by atoms with Gasteiger partial charge in [0, 0.05) is 5.54 Å². The third-order valence-electron chi connectivity index (χ3n) is 2.36. The topological polar surface area (TPSA) is 97.1 Å². The fourth-order valence-electron chi connectivity index (χ4n) is 1.54.